The van der Waals surface area contributed by atoms with Crippen LogP contribution in [-0.4, -0.2) is 24.2 Å². The van der Waals surface area contributed by atoms with Gasteiger partial charge in [-0.25, -0.2) is 9.97 Å². The molecule has 1 heterocycles. The average Bonchev–Trinajstić information content (AvgIpc) is 2.73. The molecule has 4 nitrogen and oxygen atoms in total. The van der Waals surface area contributed by atoms with Gasteiger partial charge in [0.15, 0.2) is 11.5 Å². The van der Waals surface area contributed by atoms with E-state index in [9.17, 15) is 0 Å². The monoisotopic (exact) mass is 382 g/mol. The first-order valence-corrected chi connectivity index (χ1v) is 10.0. The Morgan fingerprint density at radius 2 is 1.82 bits per heavy atom. The summed E-state index contributed by atoms with van der Waals surface area (Å²) in [4.78, 5) is 9.43. The molecule has 0 saturated carbocycles. The Morgan fingerprint density at radius 1 is 1.07 bits per heavy atom. The molecule has 0 saturated heterocycles. The third kappa shape index (κ3) is 6.22. The van der Waals surface area contributed by atoms with Gasteiger partial charge in [-0.1, -0.05) is 56.7 Å². The minimum absolute atomic E-state index is 0.660. The second-order valence-electron chi connectivity index (χ2n) is 5.98. The van der Waals surface area contributed by atoms with Crippen LogP contribution in [-0.2, 0) is 6.42 Å². The lowest BCUT2D eigenvalue weighted by atomic mass is 10.1. The standard InChI is InChI=1S/C22H28N2O2.C2H6/c1-6-8-9-10-11-17(7-2)12-15-20-23-16(3)18-13-14-19(25-4)22(26-5)21(18)24-20;1-2/h7-11,13-14H,6,12,15H2,1-5H3;1-2H3/b9-8+,11-10-,17-7+;. The van der Waals surface area contributed by atoms with E-state index in [4.69, 9.17) is 14.5 Å². The van der Waals surface area contributed by atoms with Crippen molar-refractivity contribution in [2.24, 2.45) is 0 Å². The van der Waals surface area contributed by atoms with Crippen LogP contribution >= 0.6 is 0 Å². The first-order valence-electron chi connectivity index (χ1n) is 10.0. The summed E-state index contributed by atoms with van der Waals surface area (Å²) in [7, 11) is 3.28. The molecule has 0 bridgehead atoms. The number of hydrogen-bond donors (Lipinski definition) is 0. The smallest absolute Gasteiger partial charge is 0.187 e. The first kappa shape index (κ1) is 23.4. The van der Waals surface area contributed by atoms with Crippen molar-refractivity contribution in [1.29, 1.82) is 0 Å². The van der Waals surface area contributed by atoms with Crippen LogP contribution in [0.1, 0.15) is 52.1 Å². The van der Waals surface area contributed by atoms with Crippen molar-refractivity contribution in [3.8, 4) is 11.5 Å². The summed E-state index contributed by atoms with van der Waals surface area (Å²) >= 11 is 0. The highest BCUT2D eigenvalue weighted by Gasteiger charge is 2.14. The van der Waals surface area contributed by atoms with E-state index in [2.05, 4.69) is 49.2 Å². The molecule has 2 rings (SSSR count). The van der Waals surface area contributed by atoms with Crippen molar-refractivity contribution in [3.05, 3.63) is 59.6 Å². The maximum Gasteiger partial charge on any atom is 0.187 e. The van der Waals surface area contributed by atoms with E-state index in [0.29, 0.717) is 11.5 Å². The fourth-order valence-electron chi connectivity index (χ4n) is 2.81. The number of methoxy groups -OCH3 is 2. The van der Waals surface area contributed by atoms with Crippen LogP contribution in [0.5, 0.6) is 11.5 Å². The van der Waals surface area contributed by atoms with Gasteiger partial charge in [-0.3, -0.25) is 0 Å². The van der Waals surface area contributed by atoms with E-state index in [1.807, 2.05) is 32.9 Å². The van der Waals surface area contributed by atoms with Gasteiger partial charge >= 0.3 is 0 Å². The van der Waals surface area contributed by atoms with E-state index in [0.717, 1.165) is 41.7 Å². The van der Waals surface area contributed by atoms with E-state index < -0.39 is 0 Å². The highest BCUT2D eigenvalue weighted by Crippen LogP contribution is 2.35. The van der Waals surface area contributed by atoms with Gasteiger partial charge < -0.3 is 9.47 Å². The Kier molecular flexibility index (Phi) is 10.6. The van der Waals surface area contributed by atoms with Gasteiger partial charge in [0.1, 0.15) is 11.3 Å². The number of fused-ring (bicyclic) bond motifs is 1. The van der Waals surface area contributed by atoms with Gasteiger partial charge in [-0.15, -0.1) is 0 Å². The van der Waals surface area contributed by atoms with Crippen LogP contribution in [0.2, 0.25) is 0 Å². The van der Waals surface area contributed by atoms with Crippen LogP contribution in [0.4, 0.5) is 0 Å². The van der Waals surface area contributed by atoms with Crippen molar-refractivity contribution in [2.75, 3.05) is 14.2 Å². The summed E-state index contributed by atoms with van der Waals surface area (Å²) in [6.07, 6.45) is 13.3. The quantitative estimate of drug-likeness (QED) is 0.497. The fourth-order valence-corrected chi connectivity index (χ4v) is 2.81. The summed E-state index contributed by atoms with van der Waals surface area (Å²) in [6.45, 7) is 10.2. The Hall–Kier alpha value is -2.62. The Balaban J connectivity index is 0.00000190. The SMILES string of the molecule is CC.C\C=C(/C=C\C=C\CC)CCc1nc(C)c2ccc(OC)c(OC)c2n1. The molecule has 0 radical (unpaired) electrons. The lowest BCUT2D eigenvalue weighted by Gasteiger charge is -2.12. The van der Waals surface area contributed by atoms with Gasteiger partial charge in [0.25, 0.3) is 0 Å². The zero-order valence-corrected chi connectivity index (χ0v) is 18.4. The molecule has 0 spiro atoms. The van der Waals surface area contributed by atoms with Crippen LogP contribution < -0.4 is 9.47 Å². The highest BCUT2D eigenvalue weighted by atomic mass is 16.5. The van der Waals surface area contributed by atoms with Crippen LogP contribution in [0.3, 0.4) is 0 Å². The van der Waals surface area contributed by atoms with Gasteiger partial charge in [-0.2, -0.15) is 0 Å². The second-order valence-corrected chi connectivity index (χ2v) is 5.98. The van der Waals surface area contributed by atoms with Crippen LogP contribution in [0.25, 0.3) is 10.9 Å². The number of hydrogen-bond acceptors (Lipinski definition) is 4. The normalized spacial score (nSPS) is 11.8. The Bertz CT molecular complexity index is 836. The third-order valence-electron chi connectivity index (χ3n) is 4.25. The van der Waals surface area contributed by atoms with Crippen molar-refractivity contribution in [1.82, 2.24) is 9.97 Å². The number of aryl methyl sites for hydroxylation is 2. The van der Waals surface area contributed by atoms with Crippen molar-refractivity contribution in [3.63, 3.8) is 0 Å². The molecule has 0 unspecified atom stereocenters. The van der Waals surface area contributed by atoms with Gasteiger partial charge in [0, 0.05) is 17.5 Å². The predicted octanol–water partition coefficient (Wildman–Crippen LogP) is 6.38. The number of rotatable bonds is 8. The summed E-state index contributed by atoms with van der Waals surface area (Å²) in [5.74, 6) is 2.16. The molecule has 0 fully saturated rings. The third-order valence-corrected chi connectivity index (χ3v) is 4.25. The molecule has 1 aromatic heterocycles. The van der Waals surface area contributed by atoms with Gasteiger partial charge in [0.2, 0.25) is 0 Å². The highest BCUT2D eigenvalue weighted by molar-refractivity contribution is 5.88. The molecule has 0 aliphatic rings. The second kappa shape index (κ2) is 12.7. The number of benzene rings is 1. The molecule has 28 heavy (non-hydrogen) atoms. The molecule has 4 heteroatoms. The number of aromatic nitrogens is 2. The van der Waals surface area contributed by atoms with Crippen molar-refractivity contribution < 1.29 is 9.47 Å². The molecular weight excluding hydrogens is 348 g/mol. The molecular formula is C24H34N2O2. The molecule has 2 aromatic rings. The molecule has 0 amide bonds. The van der Waals surface area contributed by atoms with Crippen LogP contribution in [0, 0.1) is 6.92 Å². The lowest BCUT2D eigenvalue weighted by molar-refractivity contribution is 0.358. The average molecular weight is 383 g/mol. The van der Waals surface area contributed by atoms with Crippen molar-refractivity contribution in [2.45, 2.75) is 53.9 Å². The minimum Gasteiger partial charge on any atom is -0.493 e. The summed E-state index contributed by atoms with van der Waals surface area (Å²) in [5.41, 5.74) is 3.02. The Morgan fingerprint density at radius 3 is 2.43 bits per heavy atom. The molecule has 0 atom stereocenters. The maximum absolute atomic E-state index is 5.54. The van der Waals surface area contributed by atoms with E-state index in [1.165, 1.54) is 5.57 Å². The van der Waals surface area contributed by atoms with E-state index in [-0.39, 0.29) is 0 Å². The molecule has 0 aliphatic heterocycles. The molecule has 152 valence electrons. The molecule has 1 aromatic carbocycles. The van der Waals surface area contributed by atoms with Crippen LogP contribution in [0.15, 0.2) is 48.1 Å². The zero-order chi connectivity index (χ0) is 20.9. The molecule has 0 N–H and O–H groups in total. The number of ether oxygens (including phenoxy) is 2. The minimum atomic E-state index is 0.660. The Labute approximate surface area is 170 Å². The predicted molar refractivity (Wildman–Crippen MR) is 119 cm³/mol. The first-order chi connectivity index (χ1) is 13.6. The fraction of sp³-hybridized carbons (Fsp3) is 0.417. The largest absolute Gasteiger partial charge is 0.493 e. The summed E-state index contributed by atoms with van der Waals surface area (Å²) in [5, 5.41) is 0.988. The summed E-state index contributed by atoms with van der Waals surface area (Å²) in [6, 6.07) is 3.87. The van der Waals surface area contributed by atoms with Gasteiger partial charge in [-0.05, 0) is 38.8 Å². The van der Waals surface area contributed by atoms with E-state index in [1.54, 1.807) is 14.2 Å². The summed E-state index contributed by atoms with van der Waals surface area (Å²) < 4.78 is 10.9. The van der Waals surface area contributed by atoms with Gasteiger partial charge in [0.05, 0.1) is 14.2 Å². The number of allylic oxidation sites excluding steroid dienone is 6. The number of nitrogens with zero attached hydrogens (tertiary/aromatic N) is 2. The maximum atomic E-state index is 5.54. The van der Waals surface area contributed by atoms with E-state index >= 15 is 0 Å². The van der Waals surface area contributed by atoms with Crippen molar-refractivity contribution >= 4 is 10.9 Å². The zero-order valence-electron chi connectivity index (χ0n) is 18.4. The topological polar surface area (TPSA) is 44.2 Å². The lowest BCUT2D eigenvalue weighted by Crippen LogP contribution is -2.02. The molecule has 0 aliphatic carbocycles.